The smallest absolute Gasteiger partial charge is 0.155 e. The fraction of sp³-hybridized carbons (Fsp3) is 0. The van der Waals surface area contributed by atoms with Crippen LogP contribution in [0.2, 0.25) is 0 Å². The molecule has 2 nitrogen and oxygen atoms in total. The molecule has 0 aromatic heterocycles. The summed E-state index contributed by atoms with van der Waals surface area (Å²) in [6.45, 7) is 0. The van der Waals surface area contributed by atoms with Gasteiger partial charge in [-0.25, -0.2) is 0 Å². The van der Waals surface area contributed by atoms with Gasteiger partial charge in [-0.1, -0.05) is 0 Å². The van der Waals surface area contributed by atoms with Crippen molar-refractivity contribution in [1.29, 1.82) is 0 Å². The van der Waals surface area contributed by atoms with Crippen LogP contribution in [0.4, 0.5) is 0 Å². The molecule has 0 spiro atoms. The summed E-state index contributed by atoms with van der Waals surface area (Å²) in [6, 6.07) is 0. The van der Waals surface area contributed by atoms with Gasteiger partial charge in [0.15, 0.2) is 9.03 Å². The first-order valence-corrected chi connectivity index (χ1v) is 1.99. The van der Waals surface area contributed by atoms with Gasteiger partial charge in [0.25, 0.3) is 0 Å². The molecule has 0 heterocycles. The van der Waals surface area contributed by atoms with Crippen LogP contribution in [0.1, 0.15) is 0 Å². The Morgan fingerprint density at radius 3 is 2.25 bits per heavy atom. The monoisotopic (exact) mass is 98.0 g/mol. The van der Waals surface area contributed by atoms with Crippen LogP contribution in [0.3, 0.4) is 0 Å². The lowest BCUT2D eigenvalue weighted by molar-refractivity contribution is 0.554. The van der Waals surface area contributed by atoms with Crippen molar-refractivity contribution in [2.75, 3.05) is 0 Å². The van der Waals surface area contributed by atoms with Gasteiger partial charge < -0.3 is 9.20 Å². The fourth-order valence-corrected chi connectivity index (χ4v) is 0. The minimum Gasteiger partial charge on any atom is -0.352 e. The Bertz CT molecular complexity index is 6.00. The molecule has 2 atom stereocenters. The van der Waals surface area contributed by atoms with Crippen molar-refractivity contribution < 1.29 is 9.20 Å². The highest BCUT2D eigenvalue weighted by Crippen LogP contribution is 2.06. The van der Waals surface area contributed by atoms with E-state index in [-0.39, 0.29) is 0 Å². The summed E-state index contributed by atoms with van der Waals surface area (Å²) in [4.78, 5) is 7.66. The van der Waals surface area contributed by atoms with Crippen molar-refractivity contribution in [2.24, 2.45) is 0 Å². The second-order valence-corrected chi connectivity index (χ2v) is 1.33. The Hall–Kier alpha value is 0.780. The van der Waals surface area contributed by atoms with Crippen LogP contribution < -0.4 is 0 Å². The van der Waals surface area contributed by atoms with Crippen molar-refractivity contribution in [2.45, 2.75) is 0 Å². The third-order valence-corrected chi connectivity index (χ3v) is 0.474. The average molecular weight is 98.0 g/mol. The Morgan fingerprint density at radius 2 is 2.25 bits per heavy atom. The molecular weight excluding hydrogens is 93.9 g/mol. The van der Waals surface area contributed by atoms with Gasteiger partial charge in [-0.05, 0) is 0 Å². The van der Waals surface area contributed by atoms with Gasteiger partial charge >= 0.3 is 0 Å². The molecule has 0 radical (unpaired) electrons. The molecule has 26 valence electrons. The van der Waals surface area contributed by atoms with E-state index in [0.29, 0.717) is 0 Å². The van der Waals surface area contributed by atoms with Gasteiger partial charge in [-0.15, -0.1) is 0 Å². The lowest BCUT2D eigenvalue weighted by Gasteiger charge is -1.74. The minimum absolute atomic E-state index is 0.397. The van der Waals surface area contributed by atoms with Crippen molar-refractivity contribution in [1.82, 2.24) is 0 Å². The molecule has 0 fully saturated rings. The van der Waals surface area contributed by atoms with Gasteiger partial charge in [0.1, 0.15) is 0 Å². The minimum atomic E-state index is -0.397. The molecule has 0 rings (SSSR count). The zero-order valence-corrected chi connectivity index (χ0v) is 4.09. The van der Waals surface area contributed by atoms with Crippen molar-refractivity contribution >= 4 is 18.5 Å². The first kappa shape index (κ1) is 4.78. The highest BCUT2D eigenvalue weighted by molar-refractivity contribution is 7.34. The van der Waals surface area contributed by atoms with Crippen LogP contribution in [0, 0.1) is 0 Å². The Kier molecular flexibility index (Phi) is 4.52. The number of hydrogen-bond acceptors (Lipinski definition) is 2. The van der Waals surface area contributed by atoms with E-state index in [9.17, 15) is 0 Å². The van der Waals surface area contributed by atoms with E-state index in [1.807, 2.05) is 9.47 Å². The largest absolute Gasteiger partial charge is 0.352 e. The average Bonchev–Trinajstić information content (AvgIpc) is 1.37. The second kappa shape index (κ2) is 3.78. The Labute approximate surface area is 28.8 Å². The highest BCUT2D eigenvalue weighted by Gasteiger charge is 1.53. The molecule has 0 aromatic carbocycles. The van der Waals surface area contributed by atoms with Crippen LogP contribution >= 0.6 is 18.5 Å². The van der Waals surface area contributed by atoms with Gasteiger partial charge in [-0.2, -0.15) is 0 Å². The van der Waals surface area contributed by atoms with E-state index in [4.69, 9.17) is 4.89 Å². The predicted octanol–water partition coefficient (Wildman–Crippen LogP) is 0.294. The maximum absolute atomic E-state index is 7.66. The van der Waals surface area contributed by atoms with Crippen molar-refractivity contribution in [3.05, 3.63) is 0 Å². The van der Waals surface area contributed by atoms with E-state index in [1.165, 1.54) is 0 Å². The predicted molar refractivity (Wildman–Crippen MR) is 21.3 cm³/mol. The summed E-state index contributed by atoms with van der Waals surface area (Å²) in [5.74, 6) is 0. The summed E-state index contributed by atoms with van der Waals surface area (Å²) in [7, 11) is 1.52. The lowest BCUT2D eigenvalue weighted by Crippen LogP contribution is -1.33. The lowest BCUT2D eigenvalue weighted by atomic mass is 15.8. The SMILES string of the molecule is OPOP. The molecule has 2 unspecified atom stereocenters. The van der Waals surface area contributed by atoms with Crippen LogP contribution in [0.15, 0.2) is 0 Å². The summed E-state index contributed by atoms with van der Waals surface area (Å²) in [6.07, 6.45) is 0. The maximum Gasteiger partial charge on any atom is 0.155 e. The Morgan fingerprint density at radius 1 is 2.00 bits per heavy atom. The topological polar surface area (TPSA) is 29.5 Å². The first-order valence-electron chi connectivity index (χ1n) is 0.663. The first-order chi connectivity index (χ1) is 1.91. The van der Waals surface area contributed by atoms with Crippen LogP contribution in [0.5, 0.6) is 0 Å². The van der Waals surface area contributed by atoms with Gasteiger partial charge in [0, 0.05) is 9.47 Å². The van der Waals surface area contributed by atoms with Crippen LogP contribution in [-0.4, -0.2) is 4.89 Å². The molecule has 0 aliphatic heterocycles. The summed E-state index contributed by atoms with van der Waals surface area (Å²) < 4.78 is 4.04. The molecule has 0 aromatic rings. The van der Waals surface area contributed by atoms with E-state index in [0.717, 1.165) is 0 Å². The molecule has 4 heavy (non-hydrogen) atoms. The highest BCUT2D eigenvalue weighted by atomic mass is 31.1. The summed E-state index contributed by atoms with van der Waals surface area (Å²) in [5.41, 5.74) is 0. The van der Waals surface area contributed by atoms with Gasteiger partial charge in [0.05, 0.1) is 0 Å². The van der Waals surface area contributed by atoms with E-state index < -0.39 is 9.03 Å². The summed E-state index contributed by atoms with van der Waals surface area (Å²) in [5, 5.41) is 0. The molecule has 0 saturated carbocycles. The van der Waals surface area contributed by atoms with Crippen LogP contribution in [-0.2, 0) is 4.31 Å². The standard InChI is InChI=1S/H4O2P2/c1-4-2-3/h1,4H,3H2. The zero-order chi connectivity index (χ0) is 3.41. The molecular formula is H4O2P2. The molecule has 0 bridgehead atoms. The normalized spacial score (nSPS) is 10.5. The molecule has 0 amide bonds. The number of rotatable bonds is 1. The summed E-state index contributed by atoms with van der Waals surface area (Å²) >= 11 is 0. The van der Waals surface area contributed by atoms with E-state index in [2.05, 4.69) is 4.31 Å². The fourth-order valence-electron chi connectivity index (χ4n) is 0. The van der Waals surface area contributed by atoms with Crippen LogP contribution in [0.25, 0.3) is 0 Å². The Balaban J connectivity index is 1.97. The third kappa shape index (κ3) is 2.78. The van der Waals surface area contributed by atoms with Gasteiger partial charge in [0.2, 0.25) is 0 Å². The number of hydrogen-bond donors (Lipinski definition) is 1. The second-order valence-electron chi connectivity index (χ2n) is 0.209. The molecule has 4 heteroatoms. The molecule has 0 aliphatic rings. The van der Waals surface area contributed by atoms with Gasteiger partial charge in [-0.3, -0.25) is 0 Å². The quantitative estimate of drug-likeness (QED) is 0.477. The third-order valence-electron chi connectivity index (χ3n) is 0.0527. The van der Waals surface area contributed by atoms with E-state index >= 15 is 0 Å². The molecule has 0 saturated heterocycles. The van der Waals surface area contributed by atoms with Crippen molar-refractivity contribution in [3.8, 4) is 0 Å². The van der Waals surface area contributed by atoms with E-state index in [1.54, 1.807) is 0 Å². The molecule has 1 N–H and O–H groups in total. The zero-order valence-electron chi connectivity index (χ0n) is 1.93. The molecule has 0 aliphatic carbocycles. The maximum atomic E-state index is 7.66. The van der Waals surface area contributed by atoms with Crippen molar-refractivity contribution in [3.63, 3.8) is 0 Å².